The Labute approximate surface area is 168 Å². The van der Waals surface area contributed by atoms with Crippen molar-refractivity contribution in [3.05, 3.63) is 56.2 Å². The SMILES string of the molecule is CCCCCCn1c(O)c([C@H]2NCCc3c2[nH]c2ccccc32)c(=O)[nH]c1=S. The van der Waals surface area contributed by atoms with Crippen LogP contribution in [0.4, 0.5) is 0 Å². The van der Waals surface area contributed by atoms with Crippen molar-refractivity contribution in [2.24, 2.45) is 0 Å². The van der Waals surface area contributed by atoms with Gasteiger partial charge in [-0.3, -0.25) is 14.3 Å². The molecule has 0 radical (unpaired) electrons. The lowest BCUT2D eigenvalue weighted by molar-refractivity contribution is 0.380. The summed E-state index contributed by atoms with van der Waals surface area (Å²) in [6.07, 6.45) is 5.15. The molecule has 148 valence electrons. The van der Waals surface area contributed by atoms with Gasteiger partial charge in [-0.1, -0.05) is 44.4 Å². The van der Waals surface area contributed by atoms with Gasteiger partial charge < -0.3 is 15.4 Å². The highest BCUT2D eigenvalue weighted by atomic mass is 32.1. The van der Waals surface area contributed by atoms with E-state index < -0.39 is 6.04 Å². The van der Waals surface area contributed by atoms with Gasteiger partial charge in [-0.25, -0.2) is 0 Å². The van der Waals surface area contributed by atoms with Gasteiger partial charge in [-0.05, 0) is 36.7 Å². The number of fused-ring (bicyclic) bond motifs is 3. The predicted molar refractivity (Wildman–Crippen MR) is 114 cm³/mol. The second-order valence-electron chi connectivity index (χ2n) is 7.41. The van der Waals surface area contributed by atoms with Crippen LogP contribution in [-0.2, 0) is 13.0 Å². The number of nitrogens with zero attached hydrogens (tertiary/aromatic N) is 1. The molecule has 0 amide bonds. The summed E-state index contributed by atoms with van der Waals surface area (Å²) in [6, 6.07) is 7.76. The topological polar surface area (TPSA) is 85.8 Å². The van der Waals surface area contributed by atoms with E-state index in [0.29, 0.717) is 12.1 Å². The van der Waals surface area contributed by atoms with Gasteiger partial charge in [0.15, 0.2) is 4.77 Å². The average Bonchev–Trinajstić information content (AvgIpc) is 3.07. The van der Waals surface area contributed by atoms with E-state index in [1.807, 2.05) is 18.2 Å². The van der Waals surface area contributed by atoms with E-state index in [1.54, 1.807) is 4.57 Å². The van der Waals surface area contributed by atoms with E-state index in [2.05, 4.69) is 28.3 Å². The molecule has 0 spiro atoms. The van der Waals surface area contributed by atoms with Gasteiger partial charge in [0.25, 0.3) is 5.56 Å². The van der Waals surface area contributed by atoms with Gasteiger partial charge in [-0.15, -0.1) is 0 Å². The molecule has 2 aromatic heterocycles. The lowest BCUT2D eigenvalue weighted by atomic mass is 9.95. The van der Waals surface area contributed by atoms with Gasteiger partial charge in [0.05, 0.1) is 6.04 Å². The molecule has 0 unspecified atom stereocenters. The fourth-order valence-electron chi connectivity index (χ4n) is 4.17. The summed E-state index contributed by atoms with van der Waals surface area (Å²) in [5.41, 5.74) is 3.19. The van der Waals surface area contributed by atoms with Crippen LogP contribution in [0.3, 0.4) is 0 Å². The number of H-pyrrole nitrogens is 2. The minimum atomic E-state index is -0.391. The Hall–Kier alpha value is -2.38. The molecule has 1 aromatic carbocycles. The zero-order chi connectivity index (χ0) is 19.7. The van der Waals surface area contributed by atoms with Crippen LogP contribution in [0.15, 0.2) is 29.1 Å². The van der Waals surface area contributed by atoms with Crippen molar-refractivity contribution in [3.8, 4) is 5.88 Å². The Kier molecular flexibility index (Phi) is 5.37. The number of para-hydroxylation sites is 1. The highest BCUT2D eigenvalue weighted by molar-refractivity contribution is 7.71. The molecule has 0 bridgehead atoms. The lowest BCUT2D eigenvalue weighted by Crippen LogP contribution is -2.35. The maximum absolute atomic E-state index is 12.8. The summed E-state index contributed by atoms with van der Waals surface area (Å²) in [5, 5.41) is 15.6. The fraction of sp³-hybridized carbons (Fsp3) is 0.429. The summed E-state index contributed by atoms with van der Waals surface area (Å²) < 4.78 is 1.93. The molecule has 0 aliphatic carbocycles. The van der Waals surface area contributed by atoms with Crippen LogP contribution in [-0.4, -0.2) is 26.2 Å². The zero-order valence-corrected chi connectivity index (χ0v) is 16.9. The molecular formula is C21H26N4O2S. The van der Waals surface area contributed by atoms with E-state index in [4.69, 9.17) is 12.2 Å². The molecule has 0 fully saturated rings. The molecule has 28 heavy (non-hydrogen) atoms. The third kappa shape index (κ3) is 3.29. The minimum absolute atomic E-state index is 0.0331. The molecule has 4 rings (SSSR count). The van der Waals surface area contributed by atoms with Crippen molar-refractivity contribution in [1.29, 1.82) is 0 Å². The van der Waals surface area contributed by atoms with Gasteiger partial charge >= 0.3 is 0 Å². The first kappa shape index (κ1) is 19.0. The van der Waals surface area contributed by atoms with Crippen molar-refractivity contribution < 1.29 is 5.11 Å². The Balaban J connectivity index is 1.78. The number of hydrogen-bond donors (Lipinski definition) is 4. The number of rotatable bonds is 6. The number of unbranched alkanes of at least 4 members (excludes halogenated alkanes) is 3. The molecule has 4 N–H and O–H groups in total. The maximum Gasteiger partial charge on any atom is 0.260 e. The molecular weight excluding hydrogens is 372 g/mol. The Bertz CT molecular complexity index is 1110. The van der Waals surface area contributed by atoms with Crippen molar-refractivity contribution in [1.82, 2.24) is 19.9 Å². The van der Waals surface area contributed by atoms with Crippen LogP contribution in [0.5, 0.6) is 5.88 Å². The summed E-state index contributed by atoms with van der Waals surface area (Å²) in [4.78, 5) is 19.0. The van der Waals surface area contributed by atoms with Crippen molar-refractivity contribution in [2.45, 2.75) is 51.6 Å². The second-order valence-corrected chi connectivity index (χ2v) is 7.80. The number of aromatic amines is 2. The standard InChI is InChI=1S/C21H26N4O2S/c1-2-3-4-7-12-25-20(27)16(19(26)24-21(25)28)18-17-14(10-11-22-18)13-8-5-6-9-15(13)23-17/h5-6,8-9,18,22-23,27H,2-4,7,10-12H2,1H3,(H,24,26,28)/t18-/m1/s1. The van der Waals surface area contributed by atoms with E-state index in [1.165, 1.54) is 10.9 Å². The second kappa shape index (κ2) is 7.93. The van der Waals surface area contributed by atoms with Crippen LogP contribution in [0.1, 0.15) is 55.5 Å². The third-order valence-electron chi connectivity index (χ3n) is 5.59. The Morgan fingerprint density at radius 1 is 1.21 bits per heavy atom. The predicted octanol–water partition coefficient (Wildman–Crippen LogP) is 3.91. The quantitative estimate of drug-likeness (QED) is 0.375. The molecule has 1 aliphatic heterocycles. The van der Waals surface area contributed by atoms with Crippen LogP contribution >= 0.6 is 12.2 Å². The molecule has 3 aromatic rings. The smallest absolute Gasteiger partial charge is 0.260 e. The molecule has 0 saturated heterocycles. The summed E-state index contributed by atoms with van der Waals surface area (Å²) in [5.74, 6) is -0.0331. The van der Waals surface area contributed by atoms with Crippen LogP contribution < -0.4 is 10.9 Å². The van der Waals surface area contributed by atoms with Crippen LogP contribution in [0, 0.1) is 4.77 Å². The summed E-state index contributed by atoms with van der Waals surface area (Å²) in [6.45, 7) is 3.50. The van der Waals surface area contributed by atoms with Gasteiger partial charge in [0.2, 0.25) is 5.88 Å². The zero-order valence-electron chi connectivity index (χ0n) is 16.0. The number of nitrogens with one attached hydrogen (secondary N) is 3. The maximum atomic E-state index is 12.8. The number of hydrogen-bond acceptors (Lipinski definition) is 4. The monoisotopic (exact) mass is 398 g/mol. The number of aromatic nitrogens is 3. The first-order valence-electron chi connectivity index (χ1n) is 10.0. The van der Waals surface area contributed by atoms with Crippen LogP contribution in [0.2, 0.25) is 0 Å². The first-order valence-corrected chi connectivity index (χ1v) is 10.4. The van der Waals surface area contributed by atoms with E-state index in [9.17, 15) is 9.90 Å². The highest BCUT2D eigenvalue weighted by Gasteiger charge is 2.30. The van der Waals surface area contributed by atoms with Gasteiger partial charge in [0, 0.05) is 29.7 Å². The van der Waals surface area contributed by atoms with Crippen molar-refractivity contribution in [3.63, 3.8) is 0 Å². The number of aromatic hydroxyl groups is 1. The Morgan fingerprint density at radius 2 is 2.04 bits per heavy atom. The largest absolute Gasteiger partial charge is 0.494 e. The third-order valence-corrected chi connectivity index (χ3v) is 5.91. The van der Waals surface area contributed by atoms with E-state index in [0.717, 1.165) is 49.9 Å². The molecule has 1 atom stereocenters. The highest BCUT2D eigenvalue weighted by Crippen LogP contribution is 2.35. The molecule has 6 nitrogen and oxygen atoms in total. The van der Waals surface area contributed by atoms with E-state index >= 15 is 0 Å². The van der Waals surface area contributed by atoms with E-state index in [-0.39, 0.29) is 16.2 Å². The fourth-order valence-corrected chi connectivity index (χ4v) is 4.44. The summed E-state index contributed by atoms with van der Waals surface area (Å²) in [7, 11) is 0. The molecule has 0 saturated carbocycles. The van der Waals surface area contributed by atoms with Crippen molar-refractivity contribution >= 4 is 23.1 Å². The lowest BCUT2D eigenvalue weighted by Gasteiger charge is -2.25. The Morgan fingerprint density at radius 3 is 2.86 bits per heavy atom. The van der Waals surface area contributed by atoms with Gasteiger partial charge in [0.1, 0.15) is 5.56 Å². The normalized spacial score (nSPS) is 16.4. The minimum Gasteiger partial charge on any atom is -0.494 e. The van der Waals surface area contributed by atoms with Crippen molar-refractivity contribution in [2.75, 3.05) is 6.54 Å². The molecule has 7 heteroatoms. The number of benzene rings is 1. The molecule has 1 aliphatic rings. The first-order chi connectivity index (χ1) is 13.6. The molecule has 3 heterocycles. The summed E-state index contributed by atoms with van der Waals surface area (Å²) >= 11 is 5.32. The van der Waals surface area contributed by atoms with Crippen LogP contribution in [0.25, 0.3) is 10.9 Å². The average molecular weight is 399 g/mol. The van der Waals surface area contributed by atoms with Gasteiger partial charge in [-0.2, -0.15) is 0 Å².